The van der Waals surface area contributed by atoms with Gasteiger partial charge in [0.15, 0.2) is 23.0 Å². The molecule has 0 bridgehead atoms. The largest absolute Gasteiger partial charge is 0.504 e. The zero-order valence-corrected chi connectivity index (χ0v) is 26.6. The first-order valence-electron chi connectivity index (χ1n) is 15.2. The molecule has 4 aromatic carbocycles. The highest BCUT2D eigenvalue weighted by Crippen LogP contribution is 2.37. The van der Waals surface area contributed by atoms with Gasteiger partial charge in [0.2, 0.25) is 6.79 Å². The molecule has 2 unspecified atom stereocenters. The van der Waals surface area contributed by atoms with Crippen molar-refractivity contribution in [2.45, 2.75) is 44.2 Å². The Bertz CT molecular complexity index is 1530. The SMILES string of the molecule is CC(Cc1ccc2c(c1)OCO2)NCC(O)c1ccc(O)c(O)c1.CNCCCC1c2ccccc2C=Cc2ccccc21.Cl. The van der Waals surface area contributed by atoms with Crippen LogP contribution in [-0.2, 0) is 6.42 Å². The van der Waals surface area contributed by atoms with Gasteiger partial charge in [-0.3, -0.25) is 0 Å². The van der Waals surface area contributed by atoms with Gasteiger partial charge in [-0.15, -0.1) is 12.4 Å². The number of phenolic OH excluding ortho intramolecular Hbond substituents is 2. The first kappa shape index (κ1) is 33.9. The summed E-state index contributed by atoms with van der Waals surface area (Å²) in [5.74, 6) is 1.60. The molecule has 45 heavy (non-hydrogen) atoms. The highest BCUT2D eigenvalue weighted by Gasteiger charge is 2.20. The zero-order chi connectivity index (χ0) is 30.9. The van der Waals surface area contributed by atoms with Gasteiger partial charge in [-0.1, -0.05) is 72.8 Å². The molecule has 1 heterocycles. The number of fused-ring (bicyclic) bond motifs is 3. The van der Waals surface area contributed by atoms with Crippen molar-refractivity contribution >= 4 is 24.6 Å². The van der Waals surface area contributed by atoms with E-state index in [0.717, 1.165) is 30.0 Å². The van der Waals surface area contributed by atoms with Gasteiger partial charge in [0.1, 0.15) is 0 Å². The van der Waals surface area contributed by atoms with Crippen LogP contribution >= 0.6 is 12.4 Å². The molecule has 0 spiro atoms. The molecule has 0 aromatic heterocycles. The normalized spacial score (nSPS) is 14.2. The van der Waals surface area contributed by atoms with E-state index < -0.39 is 6.10 Å². The molecule has 5 N–H and O–H groups in total. The first-order valence-corrected chi connectivity index (χ1v) is 15.2. The summed E-state index contributed by atoms with van der Waals surface area (Å²) in [6, 6.07) is 27.9. The Labute approximate surface area is 272 Å². The van der Waals surface area contributed by atoms with E-state index in [4.69, 9.17) is 9.47 Å². The average molecular weight is 631 g/mol. The number of phenols is 2. The standard InChI is InChI=1S/C19H21N.C18H21NO5.ClH/c1-20-14-6-11-19-17-9-4-2-7-15(17)12-13-16-8-3-5-10-18(16)19;1-11(6-12-2-5-17-18(7-12)24-10-23-17)19-9-16(22)13-3-4-14(20)15(21)8-13;/h2-5,7-10,12-13,19-20H,6,11,14H2,1H3;2-5,7-8,11,16,19-22H,6,9-10H2,1H3;1H. The number of aliphatic hydroxyl groups is 1. The smallest absolute Gasteiger partial charge is 0.231 e. The number of hydrogen-bond acceptors (Lipinski definition) is 7. The van der Waals surface area contributed by atoms with Crippen LogP contribution in [0.5, 0.6) is 23.0 Å². The number of aromatic hydroxyl groups is 2. The molecule has 6 rings (SSSR count). The predicted molar refractivity (Wildman–Crippen MR) is 183 cm³/mol. The minimum Gasteiger partial charge on any atom is -0.504 e. The van der Waals surface area contributed by atoms with E-state index in [0.29, 0.717) is 18.0 Å². The molecule has 0 radical (unpaired) electrons. The molecule has 8 heteroatoms. The number of benzene rings is 4. The maximum absolute atomic E-state index is 10.2. The Morgan fingerprint density at radius 1 is 0.822 bits per heavy atom. The number of hydrogen-bond donors (Lipinski definition) is 5. The maximum Gasteiger partial charge on any atom is 0.231 e. The van der Waals surface area contributed by atoms with Crippen molar-refractivity contribution in [1.82, 2.24) is 10.6 Å². The molecule has 2 aliphatic rings. The van der Waals surface area contributed by atoms with E-state index in [1.807, 2.05) is 32.2 Å². The minimum absolute atomic E-state index is 0. The van der Waals surface area contributed by atoms with Crippen LogP contribution in [-0.4, -0.2) is 48.3 Å². The fraction of sp³-hybridized carbons (Fsp3) is 0.297. The van der Waals surface area contributed by atoms with Gasteiger partial charge < -0.3 is 35.4 Å². The fourth-order valence-electron chi connectivity index (χ4n) is 5.77. The van der Waals surface area contributed by atoms with Crippen molar-refractivity contribution in [2.75, 3.05) is 26.9 Å². The van der Waals surface area contributed by atoms with Crippen LogP contribution in [0.25, 0.3) is 12.2 Å². The number of ether oxygens (including phenoxy) is 2. The number of nitrogens with one attached hydrogen (secondary N) is 2. The summed E-state index contributed by atoms with van der Waals surface area (Å²) in [7, 11) is 2.02. The molecule has 2 atom stereocenters. The van der Waals surface area contributed by atoms with Gasteiger partial charge in [0, 0.05) is 18.5 Å². The second kappa shape index (κ2) is 16.3. The Balaban J connectivity index is 0.000000203. The van der Waals surface area contributed by atoms with Gasteiger partial charge in [0.05, 0.1) is 6.10 Å². The van der Waals surface area contributed by atoms with Crippen LogP contribution in [0.4, 0.5) is 0 Å². The van der Waals surface area contributed by atoms with Crippen LogP contribution in [0.15, 0.2) is 84.9 Å². The lowest BCUT2D eigenvalue weighted by molar-refractivity contribution is 0.170. The van der Waals surface area contributed by atoms with Crippen LogP contribution < -0.4 is 20.1 Å². The third kappa shape index (κ3) is 8.80. The van der Waals surface area contributed by atoms with Crippen molar-refractivity contribution in [3.63, 3.8) is 0 Å². The molecular weight excluding hydrogens is 588 g/mol. The second-order valence-electron chi connectivity index (χ2n) is 11.4. The average Bonchev–Trinajstić information content (AvgIpc) is 3.45. The summed E-state index contributed by atoms with van der Waals surface area (Å²) < 4.78 is 10.7. The summed E-state index contributed by atoms with van der Waals surface area (Å²) >= 11 is 0. The molecule has 1 aliphatic heterocycles. The van der Waals surface area contributed by atoms with Crippen LogP contribution in [0.3, 0.4) is 0 Å². The number of rotatable bonds is 10. The monoisotopic (exact) mass is 630 g/mol. The van der Waals surface area contributed by atoms with Gasteiger partial charge in [-0.05, 0) is 97.4 Å². The second-order valence-corrected chi connectivity index (χ2v) is 11.4. The molecule has 1 aliphatic carbocycles. The molecular formula is C37H43ClN2O5. The van der Waals surface area contributed by atoms with E-state index in [9.17, 15) is 15.3 Å². The molecule has 238 valence electrons. The Kier molecular flexibility index (Phi) is 12.3. The minimum atomic E-state index is -0.768. The number of aliphatic hydroxyl groups excluding tert-OH is 1. The van der Waals surface area contributed by atoms with E-state index >= 15 is 0 Å². The lowest BCUT2D eigenvalue weighted by Gasteiger charge is -2.20. The summed E-state index contributed by atoms with van der Waals surface area (Å²) in [5, 5.41) is 35.5. The topological polar surface area (TPSA) is 103 Å². The van der Waals surface area contributed by atoms with Crippen molar-refractivity contribution in [2.24, 2.45) is 0 Å². The summed E-state index contributed by atoms with van der Waals surface area (Å²) in [6.45, 7) is 3.72. The van der Waals surface area contributed by atoms with Gasteiger partial charge >= 0.3 is 0 Å². The molecule has 7 nitrogen and oxygen atoms in total. The van der Waals surface area contributed by atoms with Crippen LogP contribution in [0.1, 0.15) is 65.2 Å². The van der Waals surface area contributed by atoms with Crippen LogP contribution in [0.2, 0.25) is 0 Å². The van der Waals surface area contributed by atoms with Crippen molar-refractivity contribution < 1.29 is 24.8 Å². The zero-order valence-electron chi connectivity index (χ0n) is 25.8. The molecule has 0 saturated carbocycles. The van der Waals surface area contributed by atoms with Gasteiger partial charge in [0.25, 0.3) is 0 Å². The van der Waals surface area contributed by atoms with E-state index in [-0.39, 0.29) is 36.7 Å². The molecule has 4 aromatic rings. The van der Waals surface area contributed by atoms with Crippen LogP contribution in [0, 0.1) is 0 Å². The Morgan fingerprint density at radius 2 is 1.49 bits per heavy atom. The quantitative estimate of drug-likeness (QED) is 0.0969. The third-order valence-corrected chi connectivity index (χ3v) is 8.13. The summed E-state index contributed by atoms with van der Waals surface area (Å²) in [5.41, 5.74) is 7.31. The third-order valence-electron chi connectivity index (χ3n) is 8.13. The van der Waals surface area contributed by atoms with Gasteiger partial charge in [-0.25, -0.2) is 0 Å². The molecule has 0 fully saturated rings. The van der Waals surface area contributed by atoms with Gasteiger partial charge in [-0.2, -0.15) is 0 Å². The van der Waals surface area contributed by atoms with Crippen molar-refractivity contribution in [3.8, 4) is 23.0 Å². The Morgan fingerprint density at radius 3 is 2.16 bits per heavy atom. The lowest BCUT2D eigenvalue weighted by Crippen LogP contribution is -2.32. The fourth-order valence-corrected chi connectivity index (χ4v) is 5.77. The first-order chi connectivity index (χ1) is 21.4. The van der Waals surface area contributed by atoms with E-state index in [2.05, 4.69) is 71.3 Å². The maximum atomic E-state index is 10.2. The lowest BCUT2D eigenvalue weighted by atomic mass is 9.84. The molecule has 0 saturated heterocycles. The van der Waals surface area contributed by atoms with Crippen molar-refractivity contribution in [3.05, 3.63) is 118 Å². The summed E-state index contributed by atoms with van der Waals surface area (Å²) in [6.07, 6.45) is 6.92. The highest BCUT2D eigenvalue weighted by molar-refractivity contribution is 5.85. The predicted octanol–water partition coefficient (Wildman–Crippen LogP) is 6.80. The van der Waals surface area contributed by atoms with E-state index in [1.54, 1.807) is 6.07 Å². The van der Waals surface area contributed by atoms with Crippen molar-refractivity contribution in [1.29, 1.82) is 0 Å². The number of halogens is 1. The Hall–Kier alpha value is -4.01. The van der Waals surface area contributed by atoms with E-state index in [1.165, 1.54) is 47.2 Å². The highest BCUT2D eigenvalue weighted by atomic mass is 35.5. The summed E-state index contributed by atoms with van der Waals surface area (Å²) in [4.78, 5) is 0. The molecule has 0 amide bonds.